The van der Waals surface area contributed by atoms with E-state index in [-0.39, 0.29) is 39.3 Å². The van der Waals surface area contributed by atoms with Crippen LogP contribution >= 0.6 is 0 Å². The Labute approximate surface area is 484 Å². The first-order valence-electron chi connectivity index (χ1n) is 29.9. The number of benzene rings is 9. The van der Waals surface area contributed by atoms with Crippen LogP contribution in [0.1, 0.15) is 144 Å². The van der Waals surface area contributed by atoms with Crippen LogP contribution in [0.15, 0.2) is 194 Å². The smallest absolute Gasteiger partial charge is 0.252 e. The fourth-order valence-corrected chi connectivity index (χ4v) is 14.4. The summed E-state index contributed by atoms with van der Waals surface area (Å²) in [6, 6.07) is 75.6. The van der Waals surface area contributed by atoms with Crippen LogP contribution in [0.3, 0.4) is 0 Å². The van der Waals surface area contributed by atoms with Gasteiger partial charge in [-0.25, -0.2) is 0 Å². The van der Waals surface area contributed by atoms with Crippen molar-refractivity contribution < 1.29 is 0 Å². The minimum absolute atomic E-state index is 0.0179. The molecule has 4 heteroatoms. The van der Waals surface area contributed by atoms with Gasteiger partial charge in [-0.05, 0) is 162 Å². The number of rotatable bonds is 6. The lowest BCUT2D eigenvalue weighted by molar-refractivity contribution is 0.330. The van der Waals surface area contributed by atoms with E-state index in [4.69, 9.17) is 0 Å². The molecule has 1 saturated carbocycles. The molecule has 2 unspecified atom stereocenters. The summed E-state index contributed by atoms with van der Waals surface area (Å²) in [6.45, 7) is 33.3. The molecular formula is C77H80BN3. The number of nitrogens with zero attached hydrogens (tertiary/aromatic N) is 3. The molecule has 0 saturated heterocycles. The zero-order chi connectivity index (χ0) is 56.8. The Hall–Kier alpha value is -7.56. The van der Waals surface area contributed by atoms with Gasteiger partial charge < -0.3 is 14.7 Å². The van der Waals surface area contributed by atoms with Gasteiger partial charge in [-0.1, -0.05) is 236 Å². The van der Waals surface area contributed by atoms with E-state index in [1.165, 1.54) is 130 Å². The summed E-state index contributed by atoms with van der Waals surface area (Å²) in [4.78, 5) is 8.20. The van der Waals surface area contributed by atoms with E-state index in [1.807, 2.05) is 0 Å². The van der Waals surface area contributed by atoms with Gasteiger partial charge in [0.05, 0.1) is 16.9 Å². The second-order valence-corrected chi connectivity index (χ2v) is 28.6. The van der Waals surface area contributed by atoms with Gasteiger partial charge in [0.2, 0.25) is 0 Å². The molecule has 4 aliphatic rings. The van der Waals surface area contributed by atoms with Crippen molar-refractivity contribution in [2.45, 2.75) is 149 Å². The fraction of sp³-hybridized carbons (Fsp3) is 0.299. The van der Waals surface area contributed by atoms with Gasteiger partial charge in [-0.15, -0.1) is 0 Å². The molecule has 81 heavy (non-hydrogen) atoms. The maximum absolute atomic E-state index is 2.82. The van der Waals surface area contributed by atoms with Gasteiger partial charge in [0.25, 0.3) is 6.71 Å². The standard InChI is InChI=1S/C77H80BN3/c1-72(2,3)54-32-37-64(59(44-54)51-27-20-16-21-28-51)79-67-40-35-57(75(10,11)12)47-63(67)78-62-36-31-53(50-25-18-15-19-26-50)43-68(62)80(65-38-33-55(73(4,5)6)45-60(65)52-29-22-17-23-30-52)70-49-58(48-69(79)71(70)78)81-66-39-34-56(74(7,8)9)46-61(66)76(13)41-24-42-77(76,81)14/h15-23,25-40,43-49H,24,41-42H2,1-14H3. The normalized spacial score (nSPS) is 18.3. The monoisotopic (exact) mass is 1060 g/mol. The average Bonchev–Trinajstić information content (AvgIpc) is 2.57. The highest BCUT2D eigenvalue weighted by Crippen LogP contribution is 2.64. The van der Waals surface area contributed by atoms with Crippen LogP contribution in [0.4, 0.5) is 45.5 Å². The summed E-state index contributed by atoms with van der Waals surface area (Å²) in [6.07, 6.45) is 3.44. The third kappa shape index (κ3) is 8.44. The minimum Gasteiger partial charge on any atom is -0.334 e. The largest absolute Gasteiger partial charge is 0.334 e. The molecule has 0 bridgehead atoms. The Morgan fingerprint density at radius 3 is 1.31 bits per heavy atom. The van der Waals surface area contributed by atoms with E-state index in [1.54, 1.807) is 0 Å². The Bertz CT molecular complexity index is 3940. The van der Waals surface area contributed by atoms with Crippen LogP contribution in [0.2, 0.25) is 0 Å². The molecule has 1 fully saturated rings. The maximum Gasteiger partial charge on any atom is 0.252 e. The van der Waals surface area contributed by atoms with Gasteiger partial charge in [0.15, 0.2) is 0 Å². The van der Waals surface area contributed by atoms with Gasteiger partial charge >= 0.3 is 0 Å². The third-order valence-electron chi connectivity index (χ3n) is 19.4. The predicted molar refractivity (Wildman–Crippen MR) is 350 cm³/mol. The number of fused-ring (bicyclic) bond motifs is 7. The molecule has 13 rings (SSSR count). The predicted octanol–water partition coefficient (Wildman–Crippen LogP) is 19.3. The van der Waals surface area contributed by atoms with Crippen molar-refractivity contribution >= 4 is 68.6 Å². The van der Waals surface area contributed by atoms with E-state index in [2.05, 4.69) is 306 Å². The summed E-state index contributed by atoms with van der Waals surface area (Å²) in [7, 11) is 0. The molecular weight excluding hydrogens is 978 g/mol. The van der Waals surface area contributed by atoms with Crippen LogP contribution in [0, 0.1) is 0 Å². The molecule has 0 amide bonds. The van der Waals surface area contributed by atoms with Crippen LogP contribution < -0.4 is 31.1 Å². The van der Waals surface area contributed by atoms with E-state index in [0.717, 1.165) is 12.8 Å². The fourth-order valence-electron chi connectivity index (χ4n) is 14.4. The highest BCUT2D eigenvalue weighted by atomic mass is 15.3. The Morgan fingerprint density at radius 1 is 0.358 bits per heavy atom. The Morgan fingerprint density at radius 2 is 0.802 bits per heavy atom. The van der Waals surface area contributed by atoms with E-state index >= 15 is 0 Å². The summed E-state index contributed by atoms with van der Waals surface area (Å²) < 4.78 is 0. The van der Waals surface area contributed by atoms with E-state index in [0.29, 0.717) is 0 Å². The van der Waals surface area contributed by atoms with Crippen molar-refractivity contribution in [1.29, 1.82) is 0 Å². The van der Waals surface area contributed by atoms with Gasteiger partial charge in [-0.2, -0.15) is 0 Å². The lowest BCUT2D eigenvalue weighted by Gasteiger charge is -2.47. The van der Waals surface area contributed by atoms with Crippen molar-refractivity contribution in [3.05, 3.63) is 222 Å². The molecule has 3 heterocycles. The summed E-state index contributed by atoms with van der Waals surface area (Å²) in [5.41, 5.74) is 27.5. The topological polar surface area (TPSA) is 9.72 Å². The Balaban J connectivity index is 1.20. The number of hydrogen-bond acceptors (Lipinski definition) is 3. The van der Waals surface area contributed by atoms with Crippen LogP contribution in [-0.2, 0) is 27.1 Å². The second kappa shape index (κ2) is 18.5. The molecule has 0 N–H and O–H groups in total. The first-order valence-corrected chi connectivity index (χ1v) is 29.9. The van der Waals surface area contributed by atoms with Crippen LogP contribution in [0.25, 0.3) is 33.4 Å². The Kier molecular flexibility index (Phi) is 12.0. The van der Waals surface area contributed by atoms with Crippen LogP contribution in [0.5, 0.6) is 0 Å². The zero-order valence-corrected chi connectivity index (χ0v) is 50.5. The van der Waals surface area contributed by atoms with Crippen molar-refractivity contribution in [1.82, 2.24) is 0 Å². The van der Waals surface area contributed by atoms with Crippen LogP contribution in [-0.4, -0.2) is 12.3 Å². The molecule has 2 atom stereocenters. The van der Waals surface area contributed by atoms with Crippen molar-refractivity contribution in [2.24, 2.45) is 0 Å². The SMILES string of the molecule is CC(C)(C)c1ccc2c(c1)B1c3ccc(-c4ccccc4)cc3N(c3ccc(C(C)(C)C)cc3-c3ccccc3)c3cc(N4c5ccc(C(C)(C)C)cc5C5(C)CCCC45C)cc(c31)N2c1ccc(C(C)(C)C)cc1-c1ccccc1. The highest BCUT2D eigenvalue weighted by Gasteiger charge is 2.60. The molecule has 1 aliphatic carbocycles. The van der Waals surface area contributed by atoms with Crippen molar-refractivity contribution in [3.8, 4) is 33.4 Å². The molecule has 406 valence electrons. The first kappa shape index (κ1) is 52.8. The van der Waals surface area contributed by atoms with E-state index in [9.17, 15) is 0 Å². The quantitative estimate of drug-likeness (QED) is 0.154. The molecule has 3 aliphatic heterocycles. The summed E-state index contributed by atoms with van der Waals surface area (Å²) in [5, 5.41) is 0. The lowest BCUT2D eigenvalue weighted by atomic mass is 9.33. The van der Waals surface area contributed by atoms with Gasteiger partial charge in [0.1, 0.15) is 0 Å². The molecule has 0 spiro atoms. The zero-order valence-electron chi connectivity index (χ0n) is 50.5. The van der Waals surface area contributed by atoms with Gasteiger partial charge in [0, 0.05) is 50.7 Å². The molecule has 9 aromatic rings. The highest BCUT2D eigenvalue weighted by molar-refractivity contribution is 7.00. The first-order chi connectivity index (χ1) is 38.4. The van der Waals surface area contributed by atoms with Crippen molar-refractivity contribution in [3.63, 3.8) is 0 Å². The molecule has 0 radical (unpaired) electrons. The van der Waals surface area contributed by atoms with E-state index < -0.39 is 0 Å². The number of anilines is 8. The maximum atomic E-state index is 2.82. The number of hydrogen-bond donors (Lipinski definition) is 0. The summed E-state index contributed by atoms with van der Waals surface area (Å²) in [5.74, 6) is 0. The molecule has 3 nitrogen and oxygen atoms in total. The molecule has 9 aromatic carbocycles. The third-order valence-corrected chi connectivity index (χ3v) is 19.4. The van der Waals surface area contributed by atoms with Gasteiger partial charge in [-0.3, -0.25) is 0 Å². The molecule has 0 aromatic heterocycles. The lowest BCUT2D eigenvalue weighted by Crippen LogP contribution is -2.61. The minimum atomic E-state index is -0.184. The average molecular weight is 1060 g/mol. The summed E-state index contributed by atoms with van der Waals surface area (Å²) >= 11 is 0. The van der Waals surface area contributed by atoms with Crippen molar-refractivity contribution in [2.75, 3.05) is 14.7 Å². The second-order valence-electron chi connectivity index (χ2n) is 28.6.